The fraction of sp³-hybridized carbons (Fsp3) is 0.500. The summed E-state index contributed by atoms with van der Waals surface area (Å²) in [5.74, 6) is 0.276. The number of nitrogens with one attached hydrogen (secondary N) is 2. The maximum atomic E-state index is 12.0. The molecular weight excluding hydrogens is 336 g/mol. The van der Waals surface area contributed by atoms with Gasteiger partial charge < -0.3 is 24.8 Å². The van der Waals surface area contributed by atoms with Gasteiger partial charge in [-0.25, -0.2) is 0 Å². The number of halogens is 1. The van der Waals surface area contributed by atoms with Crippen LogP contribution in [0.4, 0.5) is 5.69 Å². The number of carbonyl (C=O) groups is 2. The average Bonchev–Trinajstić information content (AvgIpc) is 2.60. The number of benzene rings is 1. The molecule has 0 aliphatic carbocycles. The van der Waals surface area contributed by atoms with Crippen molar-refractivity contribution in [3.05, 3.63) is 24.3 Å². The maximum Gasteiger partial charge on any atom is 0.305 e. The molecular formula is C16H23ClN2O5. The van der Waals surface area contributed by atoms with Gasteiger partial charge in [0.05, 0.1) is 20.3 Å². The molecule has 1 aliphatic rings. The second-order valence-corrected chi connectivity index (χ2v) is 5.11. The van der Waals surface area contributed by atoms with Gasteiger partial charge in [-0.05, 0) is 30.7 Å². The van der Waals surface area contributed by atoms with Crippen LogP contribution < -0.4 is 15.4 Å². The van der Waals surface area contributed by atoms with Crippen LogP contribution in [0.25, 0.3) is 0 Å². The first-order valence-corrected chi connectivity index (χ1v) is 7.62. The number of hydrogen-bond donors (Lipinski definition) is 2. The van der Waals surface area contributed by atoms with E-state index >= 15 is 0 Å². The van der Waals surface area contributed by atoms with Gasteiger partial charge in [-0.15, -0.1) is 12.4 Å². The lowest BCUT2D eigenvalue weighted by Crippen LogP contribution is -2.45. The number of methoxy groups -OCH3 is 1. The molecule has 7 nitrogen and oxygen atoms in total. The summed E-state index contributed by atoms with van der Waals surface area (Å²) in [6.07, 6.45) is 0.468. The Kier molecular flexibility index (Phi) is 9.14. The number of rotatable bonds is 7. The Hall–Kier alpha value is -1.83. The molecule has 1 fully saturated rings. The fourth-order valence-corrected chi connectivity index (χ4v) is 2.10. The van der Waals surface area contributed by atoms with Crippen molar-refractivity contribution in [1.29, 1.82) is 0 Å². The van der Waals surface area contributed by atoms with Crippen molar-refractivity contribution in [3.8, 4) is 5.75 Å². The molecule has 1 amide bonds. The Labute approximate surface area is 147 Å². The van der Waals surface area contributed by atoms with Crippen LogP contribution in [0.1, 0.15) is 12.8 Å². The SMILES string of the molecule is COC(=O)CCCOc1ccc(NC(=O)C2CNCCO2)cc1.Cl. The standard InChI is InChI=1S/C16H22N2O5.ClH/c1-21-15(19)3-2-9-22-13-6-4-12(5-7-13)18-16(20)14-11-17-8-10-23-14;/h4-7,14,17H,2-3,8-11H2,1H3,(H,18,20);1H. The number of hydrogen-bond acceptors (Lipinski definition) is 6. The molecule has 0 aromatic heterocycles. The van der Waals surface area contributed by atoms with Crippen molar-refractivity contribution in [3.63, 3.8) is 0 Å². The van der Waals surface area contributed by atoms with E-state index in [0.717, 1.165) is 6.54 Å². The molecule has 1 atom stereocenters. The minimum Gasteiger partial charge on any atom is -0.494 e. The van der Waals surface area contributed by atoms with E-state index in [1.165, 1.54) is 7.11 Å². The molecule has 1 aromatic rings. The minimum absolute atomic E-state index is 0. The van der Waals surface area contributed by atoms with Crippen LogP contribution in [0.3, 0.4) is 0 Å². The number of amides is 1. The van der Waals surface area contributed by atoms with Gasteiger partial charge in [0.1, 0.15) is 11.9 Å². The number of esters is 1. The Bertz CT molecular complexity index is 518. The summed E-state index contributed by atoms with van der Waals surface area (Å²) in [7, 11) is 1.37. The molecule has 2 rings (SSSR count). The van der Waals surface area contributed by atoms with Crippen molar-refractivity contribution < 1.29 is 23.8 Å². The first kappa shape index (κ1) is 20.2. The van der Waals surface area contributed by atoms with E-state index in [1.54, 1.807) is 24.3 Å². The van der Waals surface area contributed by atoms with Gasteiger partial charge in [-0.1, -0.05) is 0 Å². The largest absolute Gasteiger partial charge is 0.494 e. The number of ether oxygens (including phenoxy) is 3. The molecule has 8 heteroatoms. The van der Waals surface area contributed by atoms with E-state index in [2.05, 4.69) is 15.4 Å². The van der Waals surface area contributed by atoms with E-state index in [-0.39, 0.29) is 24.3 Å². The molecule has 134 valence electrons. The summed E-state index contributed by atoms with van der Waals surface area (Å²) in [5, 5.41) is 5.92. The van der Waals surface area contributed by atoms with E-state index in [0.29, 0.717) is 44.0 Å². The van der Waals surface area contributed by atoms with Crippen molar-refractivity contribution in [2.24, 2.45) is 0 Å². The van der Waals surface area contributed by atoms with E-state index in [1.807, 2.05) is 0 Å². The van der Waals surface area contributed by atoms with Crippen LogP contribution in [-0.4, -0.2) is 51.4 Å². The van der Waals surface area contributed by atoms with Crippen LogP contribution in [0.5, 0.6) is 5.75 Å². The molecule has 0 saturated carbocycles. The highest BCUT2D eigenvalue weighted by atomic mass is 35.5. The summed E-state index contributed by atoms with van der Waals surface area (Å²) >= 11 is 0. The van der Waals surface area contributed by atoms with Gasteiger partial charge in [-0.3, -0.25) is 9.59 Å². The van der Waals surface area contributed by atoms with Crippen LogP contribution in [0, 0.1) is 0 Å². The topological polar surface area (TPSA) is 85.9 Å². The zero-order chi connectivity index (χ0) is 16.5. The van der Waals surface area contributed by atoms with Gasteiger partial charge in [-0.2, -0.15) is 0 Å². The van der Waals surface area contributed by atoms with Crippen LogP contribution in [0.15, 0.2) is 24.3 Å². The quantitative estimate of drug-likeness (QED) is 0.565. The molecule has 0 radical (unpaired) electrons. The van der Waals surface area contributed by atoms with Gasteiger partial charge in [0, 0.05) is 25.2 Å². The summed E-state index contributed by atoms with van der Waals surface area (Å²) in [4.78, 5) is 23.0. The zero-order valence-corrected chi connectivity index (χ0v) is 14.4. The number of anilines is 1. The smallest absolute Gasteiger partial charge is 0.305 e. The summed E-state index contributed by atoms with van der Waals surface area (Å²) in [5.41, 5.74) is 0.686. The van der Waals surface area contributed by atoms with E-state index in [9.17, 15) is 9.59 Å². The third-order valence-corrected chi connectivity index (χ3v) is 3.36. The van der Waals surface area contributed by atoms with Gasteiger partial charge in [0.2, 0.25) is 0 Å². The molecule has 1 unspecified atom stereocenters. The van der Waals surface area contributed by atoms with E-state index < -0.39 is 6.10 Å². The monoisotopic (exact) mass is 358 g/mol. The normalized spacial score (nSPS) is 16.6. The average molecular weight is 359 g/mol. The summed E-state index contributed by atoms with van der Waals surface area (Å²) in [6.45, 7) is 2.26. The second kappa shape index (κ2) is 10.9. The first-order valence-electron chi connectivity index (χ1n) is 7.62. The third kappa shape index (κ3) is 6.74. The second-order valence-electron chi connectivity index (χ2n) is 5.11. The van der Waals surface area contributed by atoms with Crippen LogP contribution in [-0.2, 0) is 19.1 Å². The summed E-state index contributed by atoms with van der Waals surface area (Å²) in [6, 6.07) is 7.08. The van der Waals surface area contributed by atoms with Gasteiger partial charge in [0.25, 0.3) is 5.91 Å². The highest BCUT2D eigenvalue weighted by molar-refractivity contribution is 5.94. The lowest BCUT2D eigenvalue weighted by atomic mass is 10.2. The lowest BCUT2D eigenvalue weighted by molar-refractivity contribution is -0.140. The summed E-state index contributed by atoms with van der Waals surface area (Å²) < 4.78 is 15.5. The van der Waals surface area contributed by atoms with Crippen LogP contribution in [0.2, 0.25) is 0 Å². The predicted octanol–water partition coefficient (Wildman–Crippen LogP) is 1.37. The maximum absolute atomic E-state index is 12.0. The Morgan fingerprint density at radius 3 is 2.71 bits per heavy atom. The number of morpholine rings is 1. The number of carbonyl (C=O) groups excluding carboxylic acids is 2. The Balaban J connectivity index is 0.00000288. The van der Waals surface area contributed by atoms with Crippen LogP contribution >= 0.6 is 12.4 Å². The Morgan fingerprint density at radius 1 is 1.33 bits per heavy atom. The third-order valence-electron chi connectivity index (χ3n) is 3.36. The molecule has 0 bridgehead atoms. The van der Waals surface area contributed by atoms with Gasteiger partial charge in [0.15, 0.2) is 0 Å². The zero-order valence-electron chi connectivity index (χ0n) is 13.6. The first-order chi connectivity index (χ1) is 11.2. The van der Waals surface area contributed by atoms with Crippen molar-refractivity contribution in [2.75, 3.05) is 38.7 Å². The molecule has 2 N–H and O–H groups in total. The highest BCUT2D eigenvalue weighted by Crippen LogP contribution is 2.16. The minimum atomic E-state index is -0.460. The van der Waals surface area contributed by atoms with Crippen molar-refractivity contribution >= 4 is 30.0 Å². The lowest BCUT2D eigenvalue weighted by Gasteiger charge is -2.22. The van der Waals surface area contributed by atoms with E-state index in [4.69, 9.17) is 9.47 Å². The highest BCUT2D eigenvalue weighted by Gasteiger charge is 2.21. The molecule has 24 heavy (non-hydrogen) atoms. The van der Waals surface area contributed by atoms with Crippen molar-refractivity contribution in [1.82, 2.24) is 5.32 Å². The molecule has 1 aliphatic heterocycles. The predicted molar refractivity (Wildman–Crippen MR) is 91.7 cm³/mol. The van der Waals surface area contributed by atoms with Crippen molar-refractivity contribution in [2.45, 2.75) is 18.9 Å². The Morgan fingerprint density at radius 2 is 2.08 bits per heavy atom. The molecule has 1 saturated heterocycles. The molecule has 1 heterocycles. The molecule has 1 aromatic carbocycles. The van der Waals surface area contributed by atoms with Gasteiger partial charge >= 0.3 is 5.97 Å². The fourth-order valence-electron chi connectivity index (χ4n) is 2.10. The molecule has 0 spiro atoms.